The van der Waals surface area contributed by atoms with Crippen molar-refractivity contribution in [3.63, 3.8) is 0 Å². The molecule has 1 amide bonds. The van der Waals surface area contributed by atoms with E-state index in [2.05, 4.69) is 31.3 Å². The second-order valence-electron chi connectivity index (χ2n) is 17.7. The summed E-state index contributed by atoms with van der Waals surface area (Å²) in [6, 6.07) is -1.54. The van der Waals surface area contributed by atoms with Gasteiger partial charge in [0.1, 0.15) is 12.7 Å². The van der Waals surface area contributed by atoms with Crippen LogP contribution in [0.25, 0.3) is 0 Å². The molecule has 0 saturated heterocycles. The molecule has 0 saturated carbocycles. The second-order valence-corrected chi connectivity index (χ2v) is 19.2. The Morgan fingerprint density at radius 3 is 1.23 bits per heavy atom. The van der Waals surface area contributed by atoms with Crippen LogP contribution in [0.3, 0.4) is 0 Å². The van der Waals surface area contributed by atoms with Gasteiger partial charge in [0.15, 0.2) is 6.04 Å². The average Bonchev–Trinajstić information content (AvgIpc) is 3.25. The lowest BCUT2D eigenvalue weighted by Gasteiger charge is -2.18. The van der Waals surface area contributed by atoms with Crippen molar-refractivity contribution < 1.29 is 47.8 Å². The molecule has 0 bridgehead atoms. The van der Waals surface area contributed by atoms with E-state index in [0.717, 1.165) is 38.5 Å². The highest BCUT2D eigenvalue weighted by Gasteiger charge is 2.28. The number of carbonyl (C=O) groups is 3. The van der Waals surface area contributed by atoms with Crippen LogP contribution in [-0.2, 0) is 32.7 Å². The van der Waals surface area contributed by atoms with Crippen molar-refractivity contribution in [3.05, 3.63) is 12.2 Å². The van der Waals surface area contributed by atoms with Gasteiger partial charge in [-0.25, -0.2) is 9.36 Å². The summed E-state index contributed by atoms with van der Waals surface area (Å²) < 4.78 is 26.9. The van der Waals surface area contributed by atoms with Crippen molar-refractivity contribution in [3.8, 4) is 0 Å². The summed E-state index contributed by atoms with van der Waals surface area (Å²) in [5, 5.41) is 21.9. The fourth-order valence-corrected chi connectivity index (χ4v) is 8.32. The molecular weight excluding hydrogens is 806 g/mol. The molecule has 0 heterocycles. The Labute approximate surface area is 379 Å². The molecule has 0 aromatic carbocycles. The number of hydrogen-bond donors (Lipinski definition) is 4. The predicted molar refractivity (Wildman–Crippen MR) is 254 cm³/mol. The van der Waals surface area contributed by atoms with Crippen LogP contribution in [0.2, 0.25) is 0 Å². The lowest BCUT2D eigenvalue weighted by atomic mass is 10.0. The number of carboxylic acid groups (broad SMARTS) is 1. The zero-order valence-corrected chi connectivity index (χ0v) is 40.8. The zero-order valence-electron chi connectivity index (χ0n) is 39.9. The molecule has 62 heavy (non-hydrogen) atoms. The van der Waals surface area contributed by atoms with Crippen LogP contribution in [0.5, 0.6) is 0 Å². The van der Waals surface area contributed by atoms with Crippen molar-refractivity contribution in [1.82, 2.24) is 5.32 Å². The van der Waals surface area contributed by atoms with E-state index < -0.39 is 57.6 Å². The molecule has 3 unspecified atom stereocenters. The average molecular weight is 902 g/mol. The maximum Gasteiger partial charge on any atom is 0.472 e. The quantitative estimate of drug-likeness (QED) is 0.0200. The van der Waals surface area contributed by atoms with Crippen LogP contribution in [-0.4, -0.2) is 64.9 Å². The summed E-state index contributed by atoms with van der Waals surface area (Å²) in [6.07, 6.45) is 48.0. The molecule has 3 atom stereocenters. The topological polar surface area (TPSA) is 169 Å². The SMILES string of the molecule is CCCCCCCC/C=C/CCCCCCCCCCCCCC(=O)NC(COP(=O)(O)OCC(O)COC(=O)CCCCCCCCCCCCCCCCCCC)C(=O)O. The number of carbonyl (C=O) groups excluding carboxylic acids is 2. The van der Waals surface area contributed by atoms with Gasteiger partial charge in [-0.05, 0) is 38.5 Å². The van der Waals surface area contributed by atoms with Gasteiger partial charge >= 0.3 is 19.8 Å². The minimum Gasteiger partial charge on any atom is -0.480 e. The third kappa shape index (κ3) is 44.8. The third-order valence-corrected chi connectivity index (χ3v) is 12.5. The summed E-state index contributed by atoms with van der Waals surface area (Å²) in [5.74, 6) is -2.35. The first-order valence-corrected chi connectivity index (χ1v) is 27.2. The van der Waals surface area contributed by atoms with Gasteiger partial charge in [0.05, 0.1) is 13.2 Å². The monoisotopic (exact) mass is 902 g/mol. The van der Waals surface area contributed by atoms with Crippen molar-refractivity contribution >= 4 is 25.7 Å². The Morgan fingerprint density at radius 1 is 0.500 bits per heavy atom. The number of nitrogens with one attached hydrogen (secondary N) is 1. The molecule has 11 nitrogen and oxygen atoms in total. The zero-order chi connectivity index (χ0) is 45.6. The van der Waals surface area contributed by atoms with E-state index in [1.807, 2.05) is 0 Å². The number of aliphatic hydroxyl groups excluding tert-OH is 1. The summed E-state index contributed by atoms with van der Waals surface area (Å²) in [5.41, 5.74) is 0. The number of unbranched alkanes of at least 4 members (excludes halogenated alkanes) is 33. The van der Waals surface area contributed by atoms with Gasteiger partial charge in [-0.3, -0.25) is 18.6 Å². The second kappa shape index (κ2) is 45.8. The maximum absolute atomic E-state index is 12.4. The summed E-state index contributed by atoms with van der Waals surface area (Å²) in [4.78, 5) is 46.1. The number of carboxylic acids is 1. The van der Waals surface area contributed by atoms with E-state index in [4.69, 9.17) is 13.8 Å². The first-order valence-electron chi connectivity index (χ1n) is 25.7. The van der Waals surface area contributed by atoms with Crippen molar-refractivity contribution in [2.75, 3.05) is 19.8 Å². The van der Waals surface area contributed by atoms with E-state index in [1.54, 1.807) is 0 Å². The molecule has 0 rings (SSSR count). The predicted octanol–water partition coefficient (Wildman–Crippen LogP) is 14.0. The van der Waals surface area contributed by atoms with Gasteiger partial charge in [0, 0.05) is 12.8 Å². The fraction of sp³-hybridized carbons (Fsp3) is 0.900. The van der Waals surface area contributed by atoms with Gasteiger partial charge < -0.3 is 25.2 Å². The van der Waals surface area contributed by atoms with Crippen LogP contribution in [0.4, 0.5) is 0 Å². The smallest absolute Gasteiger partial charge is 0.472 e. The highest BCUT2D eigenvalue weighted by atomic mass is 31.2. The first kappa shape index (κ1) is 60.2. The number of ether oxygens (including phenoxy) is 1. The Bertz CT molecular complexity index is 1110. The summed E-state index contributed by atoms with van der Waals surface area (Å²) in [6.45, 7) is 2.64. The maximum atomic E-state index is 12.4. The number of phosphoric ester groups is 1. The van der Waals surface area contributed by atoms with Crippen LogP contribution < -0.4 is 5.32 Å². The van der Waals surface area contributed by atoms with Gasteiger partial charge in [0.2, 0.25) is 5.91 Å². The number of phosphoric acid groups is 1. The lowest BCUT2D eigenvalue weighted by molar-refractivity contribution is -0.147. The van der Waals surface area contributed by atoms with Crippen molar-refractivity contribution in [2.45, 2.75) is 270 Å². The van der Waals surface area contributed by atoms with Crippen molar-refractivity contribution in [2.24, 2.45) is 0 Å². The number of aliphatic hydroxyl groups is 1. The van der Waals surface area contributed by atoms with Crippen LogP contribution in [0, 0.1) is 0 Å². The van der Waals surface area contributed by atoms with E-state index in [9.17, 15) is 34.1 Å². The summed E-state index contributed by atoms with van der Waals surface area (Å²) in [7, 11) is -4.76. The molecule has 0 fully saturated rings. The Balaban J connectivity index is 3.80. The van der Waals surface area contributed by atoms with E-state index in [0.29, 0.717) is 12.8 Å². The molecule has 4 N–H and O–H groups in total. The van der Waals surface area contributed by atoms with Gasteiger partial charge in [-0.15, -0.1) is 0 Å². The number of allylic oxidation sites excluding steroid dienone is 2. The van der Waals surface area contributed by atoms with Crippen molar-refractivity contribution in [1.29, 1.82) is 0 Å². The minimum absolute atomic E-state index is 0.149. The standard InChI is InChI=1S/C50H96NO10P/c1-3-5-7-9-11-13-15-17-19-21-22-23-24-26-27-29-31-33-35-37-39-41-48(53)51-47(50(55)56)45-61-62(57,58)60-44-46(52)43-59-49(54)42-40-38-36-34-32-30-28-25-20-18-16-14-12-10-8-6-4-2/h17,19,46-47,52H,3-16,18,20-45H2,1-2H3,(H,51,53)(H,55,56)(H,57,58)/b19-17+. The normalized spacial score (nSPS) is 13.6. The molecule has 0 aliphatic heterocycles. The molecule has 0 aliphatic carbocycles. The number of esters is 1. The Morgan fingerprint density at radius 2 is 0.839 bits per heavy atom. The van der Waals surface area contributed by atoms with Gasteiger partial charge in [0.25, 0.3) is 0 Å². The molecule has 12 heteroatoms. The van der Waals surface area contributed by atoms with Gasteiger partial charge in [-0.1, -0.05) is 219 Å². The van der Waals surface area contributed by atoms with Crippen LogP contribution in [0.1, 0.15) is 258 Å². The molecular formula is C50H96NO10P. The third-order valence-electron chi connectivity index (χ3n) is 11.6. The number of amides is 1. The first-order chi connectivity index (χ1) is 30.1. The minimum atomic E-state index is -4.76. The number of hydrogen-bond acceptors (Lipinski definition) is 8. The fourth-order valence-electron chi connectivity index (χ4n) is 7.55. The molecule has 0 aromatic heterocycles. The van der Waals surface area contributed by atoms with Crippen LogP contribution >= 0.6 is 7.82 Å². The summed E-state index contributed by atoms with van der Waals surface area (Å²) >= 11 is 0. The molecule has 0 spiro atoms. The number of aliphatic carboxylic acids is 1. The highest BCUT2D eigenvalue weighted by Crippen LogP contribution is 2.43. The lowest BCUT2D eigenvalue weighted by Crippen LogP contribution is -2.43. The van der Waals surface area contributed by atoms with Gasteiger partial charge in [-0.2, -0.15) is 0 Å². The van der Waals surface area contributed by atoms with E-state index >= 15 is 0 Å². The molecule has 0 radical (unpaired) electrons. The van der Waals surface area contributed by atoms with E-state index in [-0.39, 0.29) is 12.8 Å². The van der Waals surface area contributed by atoms with Crippen LogP contribution in [0.15, 0.2) is 12.2 Å². The largest absolute Gasteiger partial charge is 0.480 e. The molecule has 0 aliphatic rings. The number of rotatable bonds is 49. The Kier molecular flexibility index (Phi) is 44.5. The highest BCUT2D eigenvalue weighted by molar-refractivity contribution is 7.47. The Hall–Kier alpha value is -1.78. The molecule has 0 aromatic rings. The molecule has 366 valence electrons. The van der Waals surface area contributed by atoms with E-state index in [1.165, 1.54) is 180 Å².